The second-order valence-electron chi connectivity index (χ2n) is 17.4. The molecule has 10 nitrogen and oxygen atoms in total. The van der Waals surface area contributed by atoms with Crippen LogP contribution in [0.15, 0.2) is 88.6 Å². The topological polar surface area (TPSA) is 174 Å². The van der Waals surface area contributed by atoms with Crippen LogP contribution in [0.3, 0.4) is 0 Å². The van der Waals surface area contributed by atoms with E-state index in [1.807, 2.05) is 32.0 Å². The monoisotopic (exact) mass is 793 g/mol. The molecular formula is C48H63N3O7. The number of allylic oxidation sites excluding steroid dienone is 9. The van der Waals surface area contributed by atoms with Crippen molar-refractivity contribution >= 4 is 11.7 Å². The predicted molar refractivity (Wildman–Crippen MR) is 226 cm³/mol. The number of aliphatic hydroxyl groups is 4. The van der Waals surface area contributed by atoms with E-state index in [1.165, 1.54) is 5.57 Å². The second-order valence-corrected chi connectivity index (χ2v) is 17.4. The van der Waals surface area contributed by atoms with Gasteiger partial charge in [-0.15, -0.1) is 0 Å². The van der Waals surface area contributed by atoms with E-state index in [-0.39, 0.29) is 44.5 Å². The van der Waals surface area contributed by atoms with Crippen molar-refractivity contribution in [3.8, 4) is 11.8 Å². The summed E-state index contributed by atoms with van der Waals surface area (Å²) in [5.74, 6) is 5.51. The maximum absolute atomic E-state index is 14.5. The first-order valence-electron chi connectivity index (χ1n) is 21.0. The van der Waals surface area contributed by atoms with Gasteiger partial charge in [-0.3, -0.25) is 14.9 Å². The molecule has 312 valence electrons. The van der Waals surface area contributed by atoms with Crippen molar-refractivity contribution in [2.45, 2.75) is 122 Å². The molecule has 8 atom stereocenters. The summed E-state index contributed by atoms with van der Waals surface area (Å²) in [7, 11) is 0. The Hall–Kier alpha value is -3.92. The highest BCUT2D eigenvalue weighted by Gasteiger charge is 2.68. The number of Topliss-reactive ketones (excluding diaryl/α,β-unsaturated/α-hetero) is 1. The minimum Gasteiger partial charge on any atom is -0.396 e. The summed E-state index contributed by atoms with van der Waals surface area (Å²) in [6.45, 7) is 12.3. The van der Waals surface area contributed by atoms with E-state index >= 15 is 0 Å². The van der Waals surface area contributed by atoms with E-state index in [4.69, 9.17) is 10.5 Å². The van der Waals surface area contributed by atoms with Crippen LogP contribution in [0.5, 0.6) is 0 Å². The Balaban J connectivity index is 1.37. The van der Waals surface area contributed by atoms with Crippen LogP contribution >= 0.6 is 0 Å². The van der Waals surface area contributed by atoms with Crippen molar-refractivity contribution in [2.75, 3.05) is 26.4 Å². The lowest BCUT2D eigenvalue weighted by Gasteiger charge is -2.56. The summed E-state index contributed by atoms with van der Waals surface area (Å²) in [5.41, 5.74) is 10.8. The number of benzene rings is 1. The number of nitrogens with one attached hydrogen (secondary N) is 2. The SMILES string of the molecule is C=C1/C=C2\C=C[C@@]3(CC[C@@]4([C@H](CCCO)/C(=C(\C)C(=O)Cc5cccc6c5[C@H](NC[C@H](C)O)C(=O)N[C@@H]6N)CC[C@@]4(C)O)[C@@H]3O)C(=C2)COCC#CC/C(C)=C/CC1. The summed E-state index contributed by atoms with van der Waals surface area (Å²) in [6.07, 6.45) is 13.2. The quantitative estimate of drug-likeness (QED) is 0.0982. The first-order chi connectivity index (χ1) is 27.6. The zero-order valence-electron chi connectivity index (χ0n) is 34.7. The van der Waals surface area contributed by atoms with Crippen molar-refractivity contribution in [2.24, 2.45) is 22.5 Å². The molecule has 0 aromatic heterocycles. The van der Waals surface area contributed by atoms with Gasteiger partial charge < -0.3 is 36.2 Å². The zero-order chi connectivity index (χ0) is 41.8. The first kappa shape index (κ1) is 43.7. The fourth-order valence-electron chi connectivity index (χ4n) is 10.4. The Kier molecular flexibility index (Phi) is 13.7. The predicted octanol–water partition coefficient (Wildman–Crippen LogP) is 5.40. The van der Waals surface area contributed by atoms with Gasteiger partial charge in [0.05, 0.1) is 24.4 Å². The summed E-state index contributed by atoms with van der Waals surface area (Å²) in [5, 5.41) is 51.7. The van der Waals surface area contributed by atoms with Gasteiger partial charge in [-0.2, -0.15) is 0 Å². The van der Waals surface area contributed by atoms with Crippen LogP contribution < -0.4 is 16.4 Å². The lowest BCUT2D eigenvalue weighted by Crippen LogP contribution is -2.61. The highest BCUT2D eigenvalue weighted by molar-refractivity contribution is 5.98. The van der Waals surface area contributed by atoms with E-state index in [0.717, 1.165) is 35.1 Å². The highest BCUT2D eigenvalue weighted by Crippen LogP contribution is 2.67. The van der Waals surface area contributed by atoms with Gasteiger partial charge in [-0.25, -0.2) is 0 Å². The van der Waals surface area contributed by atoms with Crippen LogP contribution in [-0.4, -0.2) is 76.3 Å². The van der Waals surface area contributed by atoms with Gasteiger partial charge in [0, 0.05) is 36.8 Å². The molecule has 2 spiro atoms. The number of aliphatic hydroxyl groups excluding tert-OH is 3. The molecular weight excluding hydrogens is 731 g/mol. The lowest BCUT2D eigenvalue weighted by atomic mass is 9.51. The zero-order valence-corrected chi connectivity index (χ0v) is 34.7. The van der Waals surface area contributed by atoms with Crippen molar-refractivity contribution in [1.29, 1.82) is 0 Å². The number of nitrogens with two attached hydrogens (primary N) is 1. The van der Waals surface area contributed by atoms with Crippen molar-refractivity contribution in [3.05, 3.63) is 105 Å². The van der Waals surface area contributed by atoms with Crippen molar-refractivity contribution < 1.29 is 34.8 Å². The van der Waals surface area contributed by atoms with Crippen LogP contribution in [0.25, 0.3) is 0 Å². The number of amides is 1. The van der Waals surface area contributed by atoms with Gasteiger partial charge in [-0.05, 0) is 118 Å². The van der Waals surface area contributed by atoms with Crippen LogP contribution in [0, 0.1) is 28.6 Å². The molecule has 10 heteroatoms. The number of carbonyl (C=O) groups is 2. The Bertz CT molecular complexity index is 1990. The smallest absolute Gasteiger partial charge is 0.243 e. The number of ether oxygens (including phenoxy) is 1. The van der Waals surface area contributed by atoms with Gasteiger partial charge in [0.15, 0.2) is 5.78 Å². The maximum atomic E-state index is 14.5. The molecule has 0 radical (unpaired) electrons. The molecule has 5 aliphatic rings. The van der Waals surface area contributed by atoms with Gasteiger partial charge >= 0.3 is 0 Å². The number of hydrogen-bond donors (Lipinski definition) is 7. The van der Waals surface area contributed by atoms with Crippen molar-refractivity contribution in [3.63, 3.8) is 0 Å². The third kappa shape index (κ3) is 8.55. The van der Waals surface area contributed by atoms with Gasteiger partial charge in [0.2, 0.25) is 5.91 Å². The van der Waals surface area contributed by atoms with Gasteiger partial charge in [-0.1, -0.05) is 83.7 Å². The Morgan fingerprint density at radius 2 is 1.98 bits per heavy atom. The molecule has 0 saturated heterocycles. The van der Waals surface area contributed by atoms with Gasteiger partial charge in [0.25, 0.3) is 0 Å². The summed E-state index contributed by atoms with van der Waals surface area (Å²) < 4.78 is 6.19. The van der Waals surface area contributed by atoms with E-state index in [0.29, 0.717) is 67.2 Å². The molecule has 2 aliphatic heterocycles. The Morgan fingerprint density at radius 3 is 2.74 bits per heavy atom. The normalized spacial score (nSPS) is 34.6. The van der Waals surface area contributed by atoms with E-state index in [1.54, 1.807) is 6.92 Å². The Morgan fingerprint density at radius 1 is 1.19 bits per heavy atom. The fraction of sp³-hybridized carbons (Fsp3) is 0.542. The lowest BCUT2D eigenvalue weighted by molar-refractivity contribution is -0.173. The maximum Gasteiger partial charge on any atom is 0.243 e. The minimum atomic E-state index is -1.29. The summed E-state index contributed by atoms with van der Waals surface area (Å²) >= 11 is 0. The molecule has 0 unspecified atom stereocenters. The fourth-order valence-corrected chi connectivity index (χ4v) is 10.4. The molecule has 2 fully saturated rings. The molecule has 1 aromatic carbocycles. The third-order valence-corrected chi connectivity index (χ3v) is 13.6. The van der Waals surface area contributed by atoms with Crippen molar-refractivity contribution in [1.82, 2.24) is 10.6 Å². The minimum absolute atomic E-state index is 0.0137. The van der Waals surface area contributed by atoms with E-state index in [2.05, 4.69) is 66.4 Å². The number of hydrogen-bond acceptors (Lipinski definition) is 9. The third-order valence-electron chi connectivity index (χ3n) is 13.6. The molecule has 6 rings (SSSR count). The van der Waals surface area contributed by atoms with E-state index < -0.39 is 46.8 Å². The Labute approximate surface area is 344 Å². The van der Waals surface area contributed by atoms with Gasteiger partial charge in [0.1, 0.15) is 18.8 Å². The second kappa shape index (κ2) is 18.1. The molecule has 1 aromatic rings. The summed E-state index contributed by atoms with van der Waals surface area (Å²) in [4.78, 5) is 27.7. The number of carbonyl (C=O) groups excluding carboxylic acids is 2. The average Bonchev–Trinajstić information content (AvgIpc) is 3.46. The van der Waals surface area contributed by atoms with Crippen LogP contribution in [0.4, 0.5) is 0 Å². The highest BCUT2D eigenvalue weighted by atomic mass is 16.5. The standard InChI is InChI=1S/C48H63N3O7/c1-30-11-6-7-24-58-29-36-26-34(25-31(2)13-8-12-30)17-20-47(36)21-22-48(45(47)56)39(16-10-23-52)37(18-19-46(48,5)57)33(4)40(54)27-35-14-9-15-38-41(35)42(50-28-32(3)53)44(55)51-43(38)49/h9,12,14-15,17,20,25-26,32,39,42-43,45,50,52-53,56-57H,2,8,10-11,13,16,18-19,21-24,27-29,49H2,1,3-5H3,(H,51,55)/b30-12+,34-25+,37-33+/t32-,39+,42-,43-,45+,46+,47+,48+/m0/s1. The number of ketones is 1. The first-order valence-corrected chi connectivity index (χ1v) is 21.0. The van der Waals surface area contributed by atoms with E-state index in [9.17, 15) is 30.0 Å². The molecule has 2 saturated carbocycles. The molecule has 2 heterocycles. The molecule has 1 amide bonds. The van der Waals surface area contributed by atoms with Crippen LogP contribution in [-0.2, 0) is 20.7 Å². The summed E-state index contributed by atoms with van der Waals surface area (Å²) in [6, 6.07) is 4.73. The average molecular weight is 794 g/mol. The largest absolute Gasteiger partial charge is 0.396 e. The molecule has 8 N–H and O–H groups in total. The van der Waals surface area contributed by atoms with Crippen LogP contribution in [0.2, 0.25) is 0 Å². The number of fused-ring (bicyclic) bond motifs is 3. The molecule has 3 aliphatic carbocycles. The van der Waals surface area contributed by atoms with Crippen LogP contribution in [0.1, 0.15) is 114 Å². The molecule has 2 bridgehead atoms. The molecule has 58 heavy (non-hydrogen) atoms. The number of rotatable bonds is 9.